The molecule has 0 saturated carbocycles. The van der Waals surface area contributed by atoms with E-state index >= 15 is 0 Å². The largest absolute Gasteiger partial charge is 3.00 e. The monoisotopic (exact) mass is 276 g/mol. The molecule has 0 heterocycles. The summed E-state index contributed by atoms with van der Waals surface area (Å²) in [6, 6.07) is 17.7. The zero-order valence-corrected chi connectivity index (χ0v) is 11.0. The Morgan fingerprint density at radius 1 is 0.667 bits per heavy atom. The predicted molar refractivity (Wildman–Crippen MR) is 66.2 cm³/mol. The summed E-state index contributed by atoms with van der Waals surface area (Å²) in [6.45, 7) is 0. The molecule has 0 unspecified atom stereocenters. The maximum atomic E-state index is 11.8. The molecule has 0 saturated heterocycles. The van der Waals surface area contributed by atoms with Crippen molar-refractivity contribution < 1.29 is 27.0 Å². The summed E-state index contributed by atoms with van der Waals surface area (Å²) in [6.07, 6.45) is -0.0754. The van der Waals surface area contributed by atoms with E-state index < -0.39 is 0 Å². The van der Waals surface area contributed by atoms with Gasteiger partial charge in [-0.2, -0.15) is 0 Å². The van der Waals surface area contributed by atoms with E-state index in [0.29, 0.717) is 11.1 Å². The first-order chi connectivity index (χ1) is 8.27. The Bertz CT molecular complexity index is 471. The van der Waals surface area contributed by atoms with Gasteiger partial charge in [0.25, 0.3) is 0 Å². The third kappa shape index (κ3) is 3.66. The van der Waals surface area contributed by atoms with Crippen LogP contribution in [0, 0.1) is 0 Å². The van der Waals surface area contributed by atoms with Crippen LogP contribution in [0.1, 0.15) is 27.1 Å². The molecule has 0 bridgehead atoms. The van der Waals surface area contributed by atoms with Gasteiger partial charge in [0, 0.05) is 11.1 Å². The molecule has 0 fully saturated rings. The molecule has 0 aliphatic heterocycles. The molecule has 0 spiro atoms. The second-order valence-electron chi connectivity index (χ2n) is 3.76. The topological polar surface area (TPSA) is 34.1 Å². The quantitative estimate of drug-likeness (QED) is 0.635. The summed E-state index contributed by atoms with van der Waals surface area (Å²) in [5.41, 5.74) is 1.16. The fourth-order valence-corrected chi connectivity index (χ4v) is 1.60. The van der Waals surface area contributed by atoms with E-state index in [9.17, 15) is 9.59 Å². The van der Waals surface area contributed by atoms with Gasteiger partial charge >= 0.3 is 17.4 Å². The number of ketones is 2. The van der Waals surface area contributed by atoms with Gasteiger partial charge in [0.2, 0.25) is 0 Å². The minimum Gasteiger partial charge on any atom is -0.294 e. The summed E-state index contributed by atoms with van der Waals surface area (Å²) < 4.78 is 0. The summed E-state index contributed by atoms with van der Waals surface area (Å²) >= 11 is 0. The van der Waals surface area contributed by atoms with Crippen LogP contribution in [0.15, 0.2) is 60.7 Å². The van der Waals surface area contributed by atoms with Crippen molar-refractivity contribution in [3.05, 3.63) is 71.8 Å². The number of hydrogen-bond donors (Lipinski definition) is 0. The first kappa shape index (κ1) is 14.4. The van der Waals surface area contributed by atoms with Crippen molar-refractivity contribution >= 4 is 11.6 Å². The second-order valence-corrected chi connectivity index (χ2v) is 3.76. The zero-order chi connectivity index (χ0) is 12.1. The van der Waals surface area contributed by atoms with Crippen LogP contribution in [-0.2, 0) is 17.4 Å². The van der Waals surface area contributed by atoms with E-state index in [1.54, 1.807) is 48.5 Å². The molecule has 2 aromatic carbocycles. The van der Waals surface area contributed by atoms with Gasteiger partial charge in [-0.05, 0) is 0 Å². The van der Waals surface area contributed by atoms with Gasteiger partial charge in [-0.15, -0.1) is 0 Å². The molecule has 2 aromatic rings. The molecule has 87 valence electrons. The van der Waals surface area contributed by atoms with E-state index in [2.05, 4.69) is 0 Å². The Hall–Kier alpha value is -1.69. The van der Waals surface area contributed by atoms with Crippen LogP contribution in [0.25, 0.3) is 0 Å². The van der Waals surface area contributed by atoms with Crippen molar-refractivity contribution in [3.63, 3.8) is 0 Å². The van der Waals surface area contributed by atoms with Gasteiger partial charge in [0.05, 0.1) is 6.42 Å². The molecule has 18 heavy (non-hydrogen) atoms. The van der Waals surface area contributed by atoms with E-state index in [1.807, 2.05) is 12.1 Å². The average molecular weight is 276 g/mol. The molecule has 2 rings (SSSR count). The normalized spacial score (nSPS) is 9.33. The van der Waals surface area contributed by atoms with Gasteiger partial charge in [-0.1, -0.05) is 60.7 Å². The maximum Gasteiger partial charge on any atom is 3.00 e. The van der Waals surface area contributed by atoms with E-state index in [-0.39, 0.29) is 35.3 Å². The fraction of sp³-hybridized carbons (Fsp3) is 0.0667. The smallest absolute Gasteiger partial charge is 0.294 e. The van der Waals surface area contributed by atoms with Crippen LogP contribution in [0.4, 0.5) is 0 Å². The van der Waals surface area contributed by atoms with Crippen molar-refractivity contribution in [2.24, 2.45) is 0 Å². The van der Waals surface area contributed by atoms with Crippen LogP contribution in [0.2, 0.25) is 0 Å². The first-order valence-electron chi connectivity index (χ1n) is 5.44. The summed E-state index contributed by atoms with van der Waals surface area (Å²) in [7, 11) is 0. The minimum absolute atomic E-state index is 0. The third-order valence-corrected chi connectivity index (χ3v) is 2.51. The van der Waals surface area contributed by atoms with Crippen molar-refractivity contribution in [1.82, 2.24) is 0 Å². The summed E-state index contributed by atoms with van der Waals surface area (Å²) in [4.78, 5) is 23.6. The molecule has 3 heteroatoms. The van der Waals surface area contributed by atoms with E-state index in [1.165, 1.54) is 0 Å². The standard InChI is InChI=1S/C15H12O2.Cr/c16-14(12-7-3-1-4-8-12)11-15(17)13-9-5-2-6-10-13;/h1-10H,11H2;/q;+3. The molecule has 2 nitrogen and oxygen atoms in total. The Morgan fingerprint density at radius 3 is 1.33 bits per heavy atom. The van der Waals surface area contributed by atoms with E-state index in [4.69, 9.17) is 0 Å². The van der Waals surface area contributed by atoms with Gasteiger partial charge in [-0.25, -0.2) is 0 Å². The van der Waals surface area contributed by atoms with Crippen LogP contribution >= 0.6 is 0 Å². The van der Waals surface area contributed by atoms with Crippen LogP contribution < -0.4 is 0 Å². The molecule has 0 aliphatic carbocycles. The number of Topliss-reactive ketones (excluding diaryl/α,β-unsaturated/α-hetero) is 2. The number of carbonyl (C=O) groups is 2. The van der Waals surface area contributed by atoms with Crippen molar-refractivity contribution in [2.45, 2.75) is 6.42 Å². The molecule has 0 aliphatic rings. The van der Waals surface area contributed by atoms with Crippen LogP contribution in [0.3, 0.4) is 0 Å². The van der Waals surface area contributed by atoms with Crippen LogP contribution in [0.5, 0.6) is 0 Å². The second kappa shape index (κ2) is 6.91. The van der Waals surface area contributed by atoms with Crippen molar-refractivity contribution in [3.8, 4) is 0 Å². The van der Waals surface area contributed by atoms with Gasteiger partial charge in [0.1, 0.15) is 0 Å². The van der Waals surface area contributed by atoms with E-state index in [0.717, 1.165) is 0 Å². The molecule has 0 N–H and O–H groups in total. The number of carbonyl (C=O) groups excluding carboxylic acids is 2. The number of hydrogen-bond acceptors (Lipinski definition) is 2. The molecule has 1 radical (unpaired) electrons. The molecule has 0 amide bonds. The van der Waals surface area contributed by atoms with Gasteiger partial charge in [0.15, 0.2) is 11.6 Å². The Morgan fingerprint density at radius 2 is 1.00 bits per heavy atom. The van der Waals surface area contributed by atoms with Gasteiger partial charge < -0.3 is 0 Å². The van der Waals surface area contributed by atoms with Crippen molar-refractivity contribution in [1.29, 1.82) is 0 Å². The summed E-state index contributed by atoms with van der Waals surface area (Å²) in [5.74, 6) is -0.279. The third-order valence-electron chi connectivity index (χ3n) is 2.51. The average Bonchev–Trinajstić information content (AvgIpc) is 2.40. The van der Waals surface area contributed by atoms with Crippen LogP contribution in [-0.4, -0.2) is 11.6 Å². The fourth-order valence-electron chi connectivity index (χ4n) is 1.60. The minimum atomic E-state index is -0.139. The number of rotatable bonds is 4. The first-order valence-corrected chi connectivity index (χ1v) is 5.44. The van der Waals surface area contributed by atoms with Gasteiger partial charge in [-0.3, -0.25) is 9.59 Å². The SMILES string of the molecule is O=C(CC(=O)c1ccccc1)c1ccccc1.[Cr+3]. The zero-order valence-electron chi connectivity index (χ0n) is 9.71. The Balaban J connectivity index is 0.00000162. The molecule has 0 atom stereocenters. The molecular formula is C15H12CrO2+3. The Kier molecular flexibility index (Phi) is 5.51. The summed E-state index contributed by atoms with van der Waals surface area (Å²) in [5, 5.41) is 0. The molecule has 0 aromatic heterocycles. The number of benzene rings is 2. The Labute approximate surface area is 117 Å². The predicted octanol–water partition coefficient (Wildman–Crippen LogP) is 3.14. The molecular weight excluding hydrogens is 264 g/mol. The maximum absolute atomic E-state index is 11.8. The van der Waals surface area contributed by atoms with Crippen molar-refractivity contribution in [2.75, 3.05) is 0 Å².